The third-order valence-corrected chi connectivity index (χ3v) is 4.54. The molecule has 1 rings (SSSR count). The average Bonchev–Trinajstić information content (AvgIpc) is 2.17. The third-order valence-electron chi connectivity index (χ3n) is 3.55. The summed E-state index contributed by atoms with van der Waals surface area (Å²) >= 11 is 2.08. The van der Waals surface area contributed by atoms with Crippen molar-refractivity contribution in [2.45, 2.75) is 33.1 Å². The molecule has 1 fully saturated rings. The van der Waals surface area contributed by atoms with Crippen LogP contribution < -0.4 is 5.73 Å². The highest BCUT2D eigenvalue weighted by Crippen LogP contribution is 2.41. The number of hydrogen-bond acceptors (Lipinski definition) is 2. The van der Waals surface area contributed by atoms with E-state index in [-0.39, 0.29) is 0 Å². The summed E-state index contributed by atoms with van der Waals surface area (Å²) in [4.78, 5) is 0. The van der Waals surface area contributed by atoms with Gasteiger partial charge in [0.2, 0.25) is 0 Å². The summed E-state index contributed by atoms with van der Waals surface area (Å²) in [5, 5.41) is 0. The number of rotatable bonds is 3. The van der Waals surface area contributed by atoms with Gasteiger partial charge in [-0.1, -0.05) is 20.3 Å². The van der Waals surface area contributed by atoms with Gasteiger partial charge in [0, 0.05) is 0 Å². The van der Waals surface area contributed by atoms with E-state index in [1.165, 1.54) is 30.8 Å². The highest BCUT2D eigenvalue weighted by molar-refractivity contribution is 7.99. The van der Waals surface area contributed by atoms with Gasteiger partial charge in [0.15, 0.2) is 0 Å². The Labute approximate surface area is 80.5 Å². The lowest BCUT2D eigenvalue weighted by atomic mass is 9.71. The Morgan fingerprint density at radius 3 is 2.42 bits per heavy atom. The summed E-state index contributed by atoms with van der Waals surface area (Å²) in [5.74, 6) is 3.45. The molecule has 12 heavy (non-hydrogen) atoms. The Morgan fingerprint density at radius 1 is 1.42 bits per heavy atom. The summed E-state index contributed by atoms with van der Waals surface area (Å²) in [6, 6.07) is 0. The molecule has 0 saturated carbocycles. The van der Waals surface area contributed by atoms with Crippen molar-refractivity contribution in [2.75, 3.05) is 18.1 Å². The van der Waals surface area contributed by atoms with E-state index in [9.17, 15) is 0 Å². The SMILES string of the molecule is CCC(C)C1(CN)CCSCC1. The lowest BCUT2D eigenvalue weighted by Gasteiger charge is -2.41. The van der Waals surface area contributed by atoms with Gasteiger partial charge < -0.3 is 5.73 Å². The second-order valence-corrected chi connectivity index (χ2v) is 5.21. The van der Waals surface area contributed by atoms with Crippen molar-refractivity contribution in [3.05, 3.63) is 0 Å². The van der Waals surface area contributed by atoms with E-state index in [4.69, 9.17) is 5.73 Å². The molecule has 0 aromatic rings. The Balaban J connectivity index is 2.59. The normalized spacial score (nSPS) is 25.2. The molecular formula is C10H21NS. The lowest BCUT2D eigenvalue weighted by Crippen LogP contribution is -2.39. The molecule has 0 bridgehead atoms. The molecule has 1 heterocycles. The fourth-order valence-corrected chi connectivity index (χ4v) is 3.41. The van der Waals surface area contributed by atoms with Crippen LogP contribution in [0.2, 0.25) is 0 Å². The standard InChI is InChI=1S/C10H21NS/c1-3-9(2)10(8-11)4-6-12-7-5-10/h9H,3-8,11H2,1-2H3. The Bertz CT molecular complexity index is 130. The van der Waals surface area contributed by atoms with Crippen LogP contribution in [0.3, 0.4) is 0 Å². The van der Waals surface area contributed by atoms with E-state index in [2.05, 4.69) is 25.6 Å². The Hall–Kier alpha value is 0.310. The Morgan fingerprint density at radius 2 is 2.00 bits per heavy atom. The lowest BCUT2D eigenvalue weighted by molar-refractivity contribution is 0.161. The zero-order valence-corrected chi connectivity index (χ0v) is 9.12. The molecule has 1 saturated heterocycles. The van der Waals surface area contributed by atoms with Gasteiger partial charge in [-0.3, -0.25) is 0 Å². The van der Waals surface area contributed by atoms with E-state index in [0.29, 0.717) is 5.41 Å². The van der Waals surface area contributed by atoms with Crippen molar-refractivity contribution in [1.82, 2.24) is 0 Å². The predicted molar refractivity (Wildman–Crippen MR) is 57.5 cm³/mol. The summed E-state index contributed by atoms with van der Waals surface area (Å²) in [6.07, 6.45) is 3.95. The van der Waals surface area contributed by atoms with Crippen molar-refractivity contribution in [1.29, 1.82) is 0 Å². The van der Waals surface area contributed by atoms with E-state index in [0.717, 1.165) is 12.5 Å². The van der Waals surface area contributed by atoms with Gasteiger partial charge in [0.25, 0.3) is 0 Å². The molecule has 0 aliphatic carbocycles. The van der Waals surface area contributed by atoms with Crippen LogP contribution in [0.1, 0.15) is 33.1 Å². The average molecular weight is 187 g/mol. The number of thioether (sulfide) groups is 1. The zero-order valence-electron chi connectivity index (χ0n) is 8.31. The van der Waals surface area contributed by atoms with E-state index >= 15 is 0 Å². The monoisotopic (exact) mass is 187 g/mol. The molecule has 0 aromatic heterocycles. The minimum Gasteiger partial charge on any atom is -0.330 e. The molecule has 2 heteroatoms. The van der Waals surface area contributed by atoms with Crippen LogP contribution in [0.15, 0.2) is 0 Å². The molecule has 72 valence electrons. The van der Waals surface area contributed by atoms with Crippen molar-refractivity contribution >= 4 is 11.8 Å². The summed E-state index contributed by atoms with van der Waals surface area (Å²) in [5.41, 5.74) is 6.39. The molecule has 1 atom stereocenters. The number of hydrogen-bond donors (Lipinski definition) is 1. The highest BCUT2D eigenvalue weighted by Gasteiger charge is 2.35. The van der Waals surface area contributed by atoms with Gasteiger partial charge in [-0.2, -0.15) is 11.8 Å². The maximum absolute atomic E-state index is 5.91. The maximum Gasteiger partial charge on any atom is -0.00174 e. The molecule has 0 aromatic carbocycles. The first-order valence-corrected chi connectivity index (χ1v) is 6.18. The minimum atomic E-state index is 0.486. The van der Waals surface area contributed by atoms with Gasteiger partial charge in [-0.05, 0) is 42.2 Å². The second kappa shape index (κ2) is 4.52. The molecule has 1 aliphatic rings. The molecule has 1 aliphatic heterocycles. The van der Waals surface area contributed by atoms with Crippen LogP contribution in [-0.2, 0) is 0 Å². The van der Waals surface area contributed by atoms with Crippen molar-refractivity contribution in [2.24, 2.45) is 17.1 Å². The van der Waals surface area contributed by atoms with Crippen LogP contribution in [0, 0.1) is 11.3 Å². The van der Waals surface area contributed by atoms with E-state index < -0.39 is 0 Å². The van der Waals surface area contributed by atoms with Gasteiger partial charge in [0.1, 0.15) is 0 Å². The molecule has 0 amide bonds. The Kier molecular flexibility index (Phi) is 3.91. The zero-order chi connectivity index (χ0) is 9.03. The summed E-state index contributed by atoms with van der Waals surface area (Å²) in [6.45, 7) is 5.54. The predicted octanol–water partition coefficient (Wildman–Crippen LogP) is 2.50. The van der Waals surface area contributed by atoms with Crippen molar-refractivity contribution in [3.8, 4) is 0 Å². The van der Waals surface area contributed by atoms with Gasteiger partial charge in [-0.25, -0.2) is 0 Å². The summed E-state index contributed by atoms with van der Waals surface area (Å²) in [7, 11) is 0. The van der Waals surface area contributed by atoms with Crippen molar-refractivity contribution in [3.63, 3.8) is 0 Å². The highest BCUT2D eigenvalue weighted by atomic mass is 32.2. The van der Waals surface area contributed by atoms with E-state index in [1.807, 2.05) is 0 Å². The molecule has 1 unspecified atom stereocenters. The fraction of sp³-hybridized carbons (Fsp3) is 1.00. The minimum absolute atomic E-state index is 0.486. The third kappa shape index (κ3) is 1.97. The van der Waals surface area contributed by atoms with Crippen LogP contribution >= 0.6 is 11.8 Å². The largest absolute Gasteiger partial charge is 0.330 e. The van der Waals surface area contributed by atoms with Gasteiger partial charge in [0.05, 0.1) is 0 Å². The maximum atomic E-state index is 5.91. The first kappa shape index (κ1) is 10.4. The van der Waals surface area contributed by atoms with Crippen molar-refractivity contribution < 1.29 is 0 Å². The molecule has 0 spiro atoms. The second-order valence-electron chi connectivity index (χ2n) is 3.99. The van der Waals surface area contributed by atoms with Crippen LogP contribution in [0.25, 0.3) is 0 Å². The quantitative estimate of drug-likeness (QED) is 0.734. The van der Waals surface area contributed by atoms with Crippen LogP contribution in [-0.4, -0.2) is 18.1 Å². The van der Waals surface area contributed by atoms with Gasteiger partial charge >= 0.3 is 0 Å². The smallest absolute Gasteiger partial charge is 0.00174 e. The fourth-order valence-electron chi connectivity index (χ4n) is 2.11. The molecule has 1 nitrogen and oxygen atoms in total. The summed E-state index contributed by atoms with van der Waals surface area (Å²) < 4.78 is 0. The topological polar surface area (TPSA) is 26.0 Å². The van der Waals surface area contributed by atoms with E-state index in [1.54, 1.807) is 0 Å². The van der Waals surface area contributed by atoms with Gasteiger partial charge in [-0.15, -0.1) is 0 Å². The molecular weight excluding hydrogens is 166 g/mol. The van der Waals surface area contributed by atoms with Crippen LogP contribution in [0.4, 0.5) is 0 Å². The number of nitrogens with two attached hydrogens (primary N) is 1. The van der Waals surface area contributed by atoms with Crippen LogP contribution in [0.5, 0.6) is 0 Å². The first-order chi connectivity index (χ1) is 5.75. The molecule has 0 radical (unpaired) electrons. The molecule has 2 N–H and O–H groups in total. The first-order valence-electron chi connectivity index (χ1n) is 5.03.